The normalized spacial score (nSPS) is 21.9. The molecule has 2 atom stereocenters. The van der Waals surface area contributed by atoms with Gasteiger partial charge >= 0.3 is 5.97 Å². The first kappa shape index (κ1) is 17.0. The largest absolute Gasteiger partial charge is 0.481 e. The number of carbonyl (C=O) groups is 2. The smallest absolute Gasteiger partial charge is 0.309 e. The molecule has 1 heterocycles. The summed E-state index contributed by atoms with van der Waals surface area (Å²) in [5, 5.41) is 9.31. The molecular formula is C15H28N2O3. The summed E-state index contributed by atoms with van der Waals surface area (Å²) in [4.78, 5) is 25.4. The van der Waals surface area contributed by atoms with Crippen LogP contribution in [0.25, 0.3) is 0 Å². The van der Waals surface area contributed by atoms with E-state index in [9.17, 15) is 14.7 Å². The second-order valence-corrected chi connectivity index (χ2v) is 6.82. The fourth-order valence-corrected chi connectivity index (χ4v) is 2.53. The van der Waals surface area contributed by atoms with Crippen molar-refractivity contribution in [3.63, 3.8) is 0 Å². The Morgan fingerprint density at radius 2 is 2.00 bits per heavy atom. The first-order chi connectivity index (χ1) is 9.16. The quantitative estimate of drug-likeness (QED) is 0.805. The molecule has 20 heavy (non-hydrogen) atoms. The lowest BCUT2D eigenvalue weighted by molar-refractivity contribution is -0.153. The van der Waals surface area contributed by atoms with E-state index < -0.39 is 11.4 Å². The van der Waals surface area contributed by atoms with Crippen molar-refractivity contribution in [2.45, 2.75) is 53.0 Å². The number of hydrogen-bond acceptors (Lipinski definition) is 3. The van der Waals surface area contributed by atoms with E-state index in [-0.39, 0.29) is 23.8 Å². The van der Waals surface area contributed by atoms with Crippen LogP contribution < -0.4 is 5.73 Å². The highest BCUT2D eigenvalue weighted by Crippen LogP contribution is 2.34. The van der Waals surface area contributed by atoms with E-state index in [1.165, 1.54) is 0 Å². The maximum atomic E-state index is 12.3. The van der Waals surface area contributed by atoms with Crippen molar-refractivity contribution >= 4 is 11.9 Å². The molecule has 0 spiro atoms. The highest BCUT2D eigenvalue weighted by molar-refractivity contribution is 5.77. The van der Waals surface area contributed by atoms with Gasteiger partial charge in [-0.05, 0) is 38.5 Å². The van der Waals surface area contributed by atoms with Crippen LogP contribution in [0.4, 0.5) is 0 Å². The van der Waals surface area contributed by atoms with Crippen LogP contribution >= 0.6 is 0 Å². The lowest BCUT2D eigenvalue weighted by Gasteiger charge is -2.39. The number of rotatable bonds is 5. The molecule has 1 fully saturated rings. The third kappa shape index (κ3) is 3.95. The average Bonchev–Trinajstić information content (AvgIpc) is 2.38. The van der Waals surface area contributed by atoms with Crippen molar-refractivity contribution < 1.29 is 14.7 Å². The number of carbonyl (C=O) groups excluding carboxylic acids is 1. The van der Waals surface area contributed by atoms with Crippen LogP contribution in [0.15, 0.2) is 0 Å². The Hall–Kier alpha value is -1.10. The Morgan fingerprint density at radius 1 is 1.40 bits per heavy atom. The standard InChI is InChI=1S/C15H28N2O3/c1-10(2)12(16)8-13(18)17-7-5-6-11(9-17)15(3,4)14(19)20/h10-12H,5-9,16H2,1-4H3,(H,19,20). The second kappa shape index (κ2) is 6.57. The minimum absolute atomic E-state index is 0.00738. The van der Waals surface area contributed by atoms with Gasteiger partial charge in [-0.2, -0.15) is 0 Å². The lowest BCUT2D eigenvalue weighted by atomic mass is 9.74. The monoisotopic (exact) mass is 284 g/mol. The predicted molar refractivity (Wildman–Crippen MR) is 78.2 cm³/mol. The Bertz CT molecular complexity index is 366. The number of hydrogen-bond donors (Lipinski definition) is 2. The van der Waals surface area contributed by atoms with Crippen molar-refractivity contribution in [1.82, 2.24) is 4.90 Å². The van der Waals surface area contributed by atoms with Gasteiger partial charge in [-0.25, -0.2) is 0 Å². The molecule has 0 aromatic carbocycles. The van der Waals surface area contributed by atoms with Gasteiger partial charge in [0.2, 0.25) is 5.91 Å². The fourth-order valence-electron chi connectivity index (χ4n) is 2.53. The van der Waals surface area contributed by atoms with Crippen LogP contribution in [0.2, 0.25) is 0 Å². The van der Waals surface area contributed by atoms with Gasteiger partial charge < -0.3 is 15.7 Å². The van der Waals surface area contributed by atoms with E-state index in [1.54, 1.807) is 18.7 Å². The van der Waals surface area contributed by atoms with Gasteiger partial charge in [0.05, 0.1) is 5.41 Å². The van der Waals surface area contributed by atoms with Gasteiger partial charge in [-0.15, -0.1) is 0 Å². The highest BCUT2D eigenvalue weighted by atomic mass is 16.4. The van der Waals surface area contributed by atoms with Gasteiger partial charge in [0.15, 0.2) is 0 Å². The summed E-state index contributed by atoms with van der Waals surface area (Å²) in [7, 11) is 0. The fraction of sp³-hybridized carbons (Fsp3) is 0.867. The van der Waals surface area contributed by atoms with Crippen molar-refractivity contribution in [3.8, 4) is 0 Å². The van der Waals surface area contributed by atoms with Crippen molar-refractivity contribution in [2.75, 3.05) is 13.1 Å². The summed E-state index contributed by atoms with van der Waals surface area (Å²) in [5.74, 6) is -0.462. The summed E-state index contributed by atoms with van der Waals surface area (Å²) in [6, 6.07) is -0.129. The number of aliphatic carboxylic acids is 1. The molecule has 2 unspecified atom stereocenters. The second-order valence-electron chi connectivity index (χ2n) is 6.82. The van der Waals surface area contributed by atoms with Crippen LogP contribution in [-0.2, 0) is 9.59 Å². The van der Waals surface area contributed by atoms with E-state index in [0.717, 1.165) is 19.4 Å². The van der Waals surface area contributed by atoms with Gasteiger partial charge in [-0.3, -0.25) is 9.59 Å². The van der Waals surface area contributed by atoms with Crippen molar-refractivity contribution in [2.24, 2.45) is 23.0 Å². The molecule has 116 valence electrons. The van der Waals surface area contributed by atoms with E-state index in [4.69, 9.17) is 5.73 Å². The zero-order valence-corrected chi connectivity index (χ0v) is 13.1. The third-order valence-electron chi connectivity index (χ3n) is 4.61. The number of likely N-dealkylation sites (tertiary alicyclic amines) is 1. The number of carboxylic acids is 1. The maximum Gasteiger partial charge on any atom is 0.309 e. The van der Waals surface area contributed by atoms with Gasteiger partial charge in [0.25, 0.3) is 0 Å². The van der Waals surface area contributed by atoms with E-state index in [2.05, 4.69) is 0 Å². The minimum atomic E-state index is -0.796. The Morgan fingerprint density at radius 3 is 2.50 bits per heavy atom. The van der Waals surface area contributed by atoms with Gasteiger partial charge in [0.1, 0.15) is 0 Å². The summed E-state index contributed by atoms with van der Waals surface area (Å²) >= 11 is 0. The first-order valence-corrected chi connectivity index (χ1v) is 7.43. The lowest BCUT2D eigenvalue weighted by Crippen LogP contribution is -2.48. The molecule has 1 saturated heterocycles. The summed E-state index contributed by atoms with van der Waals surface area (Å²) < 4.78 is 0. The Kier molecular flexibility index (Phi) is 5.57. The predicted octanol–water partition coefficient (Wildman–Crippen LogP) is 1.71. The summed E-state index contributed by atoms with van der Waals surface area (Å²) in [6.45, 7) is 8.75. The minimum Gasteiger partial charge on any atom is -0.481 e. The third-order valence-corrected chi connectivity index (χ3v) is 4.61. The highest BCUT2D eigenvalue weighted by Gasteiger charge is 2.40. The molecule has 1 rings (SSSR count). The molecular weight excluding hydrogens is 256 g/mol. The first-order valence-electron chi connectivity index (χ1n) is 7.43. The Balaban J connectivity index is 2.65. The molecule has 1 amide bonds. The van der Waals surface area contributed by atoms with Crippen molar-refractivity contribution in [1.29, 1.82) is 0 Å². The molecule has 0 aliphatic carbocycles. The van der Waals surface area contributed by atoms with E-state index >= 15 is 0 Å². The van der Waals surface area contributed by atoms with E-state index in [0.29, 0.717) is 13.0 Å². The summed E-state index contributed by atoms with van der Waals surface area (Å²) in [5.41, 5.74) is 5.16. The number of nitrogens with zero attached hydrogens (tertiary/aromatic N) is 1. The zero-order valence-electron chi connectivity index (χ0n) is 13.1. The van der Waals surface area contributed by atoms with Crippen LogP contribution in [0.1, 0.15) is 47.0 Å². The number of nitrogens with two attached hydrogens (primary N) is 1. The molecule has 0 saturated carbocycles. The van der Waals surface area contributed by atoms with Crippen LogP contribution in [0.3, 0.4) is 0 Å². The molecule has 1 aliphatic heterocycles. The van der Waals surface area contributed by atoms with E-state index in [1.807, 2.05) is 13.8 Å². The van der Waals surface area contributed by atoms with Crippen LogP contribution in [-0.4, -0.2) is 41.0 Å². The molecule has 0 aromatic rings. The molecule has 5 nitrogen and oxygen atoms in total. The molecule has 0 bridgehead atoms. The molecule has 5 heteroatoms. The van der Waals surface area contributed by atoms with Crippen molar-refractivity contribution in [3.05, 3.63) is 0 Å². The molecule has 0 aromatic heterocycles. The number of carboxylic acid groups (broad SMARTS) is 1. The van der Waals surface area contributed by atoms with Gasteiger partial charge in [-0.1, -0.05) is 13.8 Å². The average molecular weight is 284 g/mol. The number of amides is 1. The zero-order chi connectivity index (χ0) is 15.5. The van der Waals surface area contributed by atoms with Crippen LogP contribution in [0, 0.1) is 17.3 Å². The Labute approximate surface area is 121 Å². The summed E-state index contributed by atoms with van der Waals surface area (Å²) in [6.07, 6.45) is 2.07. The van der Waals surface area contributed by atoms with Crippen LogP contribution in [0.5, 0.6) is 0 Å². The number of piperidine rings is 1. The molecule has 1 aliphatic rings. The van der Waals surface area contributed by atoms with Gasteiger partial charge in [0, 0.05) is 25.6 Å². The maximum absolute atomic E-state index is 12.3. The molecule has 3 N–H and O–H groups in total. The molecule has 0 radical (unpaired) electrons. The topological polar surface area (TPSA) is 83.6 Å². The SMILES string of the molecule is CC(C)C(N)CC(=O)N1CCCC(C(C)(C)C(=O)O)C1.